The van der Waals surface area contributed by atoms with Gasteiger partial charge in [-0.25, -0.2) is 4.39 Å². The standard InChI is InChI=1S/C17H17FN2O2S/c1-19-16(21)10-11-20-17(22)9-7-14-6-8-15(23-14)12-2-4-13(18)5-3-12/h2-9H,10-11H2,1H3,(H,19,21)(H,20,22). The van der Waals surface area contributed by atoms with Crippen LogP contribution >= 0.6 is 11.3 Å². The van der Waals surface area contributed by atoms with E-state index in [1.54, 1.807) is 25.3 Å². The van der Waals surface area contributed by atoms with Crippen LogP contribution in [-0.4, -0.2) is 25.4 Å². The Bertz CT molecular complexity index is 708. The minimum Gasteiger partial charge on any atom is -0.359 e. The molecule has 0 fully saturated rings. The maximum absolute atomic E-state index is 12.9. The Kier molecular flexibility index (Phi) is 6.05. The number of carbonyl (C=O) groups excluding carboxylic acids is 2. The summed E-state index contributed by atoms with van der Waals surface area (Å²) in [5.41, 5.74) is 0.936. The number of amides is 2. The van der Waals surface area contributed by atoms with Crippen molar-refractivity contribution in [1.82, 2.24) is 10.6 Å². The summed E-state index contributed by atoms with van der Waals surface area (Å²) >= 11 is 1.51. The van der Waals surface area contributed by atoms with Crippen molar-refractivity contribution in [3.63, 3.8) is 0 Å². The van der Waals surface area contributed by atoms with Gasteiger partial charge in [-0.15, -0.1) is 11.3 Å². The second kappa shape index (κ2) is 8.24. The van der Waals surface area contributed by atoms with Crippen LogP contribution in [0.4, 0.5) is 4.39 Å². The molecule has 2 amide bonds. The predicted octanol–water partition coefficient (Wildman–Crippen LogP) is 2.82. The second-order valence-corrected chi connectivity index (χ2v) is 5.87. The summed E-state index contributed by atoms with van der Waals surface area (Å²) in [5, 5.41) is 5.13. The molecule has 0 aliphatic heterocycles. The van der Waals surface area contributed by atoms with E-state index >= 15 is 0 Å². The Morgan fingerprint density at radius 1 is 1.17 bits per heavy atom. The van der Waals surface area contributed by atoms with Crippen molar-refractivity contribution in [3.05, 3.63) is 53.2 Å². The summed E-state index contributed by atoms with van der Waals surface area (Å²) in [6.45, 7) is 0.300. The van der Waals surface area contributed by atoms with Crippen molar-refractivity contribution in [3.8, 4) is 10.4 Å². The molecule has 2 rings (SSSR count). The van der Waals surface area contributed by atoms with Gasteiger partial charge in [0.2, 0.25) is 11.8 Å². The Balaban J connectivity index is 1.89. The Hall–Kier alpha value is -2.47. The van der Waals surface area contributed by atoms with Gasteiger partial charge in [-0.3, -0.25) is 9.59 Å². The largest absolute Gasteiger partial charge is 0.359 e. The SMILES string of the molecule is CNC(=O)CCNC(=O)C=Cc1ccc(-c2ccc(F)cc2)s1. The Labute approximate surface area is 138 Å². The van der Waals surface area contributed by atoms with Crippen LogP contribution in [0.15, 0.2) is 42.5 Å². The molecule has 0 saturated carbocycles. The lowest BCUT2D eigenvalue weighted by Gasteiger charge is -2.00. The van der Waals surface area contributed by atoms with Crippen molar-refractivity contribution < 1.29 is 14.0 Å². The molecule has 1 aromatic heterocycles. The summed E-state index contributed by atoms with van der Waals surface area (Å²) in [6.07, 6.45) is 3.40. The minimum absolute atomic E-state index is 0.114. The lowest BCUT2D eigenvalue weighted by atomic mass is 10.2. The fourth-order valence-corrected chi connectivity index (χ4v) is 2.77. The topological polar surface area (TPSA) is 58.2 Å². The third-order valence-corrected chi connectivity index (χ3v) is 4.18. The normalized spacial score (nSPS) is 10.7. The first-order valence-corrected chi connectivity index (χ1v) is 7.92. The van der Waals surface area contributed by atoms with E-state index < -0.39 is 0 Å². The van der Waals surface area contributed by atoms with Gasteiger partial charge in [0, 0.05) is 35.8 Å². The fourth-order valence-electron chi connectivity index (χ4n) is 1.85. The van der Waals surface area contributed by atoms with Crippen LogP contribution in [0.2, 0.25) is 0 Å². The molecule has 0 aliphatic carbocycles. The van der Waals surface area contributed by atoms with E-state index in [-0.39, 0.29) is 24.1 Å². The van der Waals surface area contributed by atoms with E-state index in [2.05, 4.69) is 10.6 Å². The number of benzene rings is 1. The highest BCUT2D eigenvalue weighted by Gasteiger charge is 2.03. The maximum Gasteiger partial charge on any atom is 0.244 e. The summed E-state index contributed by atoms with van der Waals surface area (Å²) in [7, 11) is 1.56. The Morgan fingerprint density at radius 2 is 1.91 bits per heavy atom. The van der Waals surface area contributed by atoms with Gasteiger partial charge in [-0.05, 0) is 35.9 Å². The van der Waals surface area contributed by atoms with Crippen LogP contribution in [-0.2, 0) is 9.59 Å². The Morgan fingerprint density at radius 3 is 2.61 bits per heavy atom. The van der Waals surface area contributed by atoms with E-state index in [9.17, 15) is 14.0 Å². The van der Waals surface area contributed by atoms with Crippen molar-refractivity contribution in [2.45, 2.75) is 6.42 Å². The highest BCUT2D eigenvalue weighted by atomic mass is 32.1. The molecular weight excluding hydrogens is 315 g/mol. The number of carbonyl (C=O) groups is 2. The van der Waals surface area contributed by atoms with Crippen molar-refractivity contribution in [2.24, 2.45) is 0 Å². The summed E-state index contributed by atoms with van der Waals surface area (Å²) < 4.78 is 12.9. The molecule has 0 aliphatic rings. The summed E-state index contributed by atoms with van der Waals surface area (Å²) in [4.78, 5) is 24.6. The van der Waals surface area contributed by atoms with Crippen LogP contribution in [0.1, 0.15) is 11.3 Å². The fraction of sp³-hybridized carbons (Fsp3) is 0.176. The van der Waals surface area contributed by atoms with Gasteiger partial charge in [0.15, 0.2) is 0 Å². The van der Waals surface area contributed by atoms with Gasteiger partial charge in [0.25, 0.3) is 0 Å². The van der Waals surface area contributed by atoms with Crippen molar-refractivity contribution >= 4 is 29.2 Å². The number of hydrogen-bond donors (Lipinski definition) is 2. The number of rotatable bonds is 6. The van der Waals surface area contributed by atoms with Crippen LogP contribution in [0, 0.1) is 5.82 Å². The molecular formula is C17H17FN2O2S. The van der Waals surface area contributed by atoms with E-state index in [4.69, 9.17) is 0 Å². The lowest BCUT2D eigenvalue weighted by molar-refractivity contribution is -0.120. The van der Waals surface area contributed by atoms with Gasteiger partial charge < -0.3 is 10.6 Å². The monoisotopic (exact) mass is 332 g/mol. The van der Waals surface area contributed by atoms with Gasteiger partial charge in [0.05, 0.1) is 0 Å². The van der Waals surface area contributed by atoms with Crippen molar-refractivity contribution in [1.29, 1.82) is 0 Å². The zero-order chi connectivity index (χ0) is 16.7. The zero-order valence-corrected chi connectivity index (χ0v) is 13.5. The molecule has 1 aromatic carbocycles. The first-order valence-electron chi connectivity index (χ1n) is 7.11. The third-order valence-electron chi connectivity index (χ3n) is 3.08. The summed E-state index contributed by atoms with van der Waals surface area (Å²) in [6, 6.07) is 10.1. The molecule has 2 N–H and O–H groups in total. The van der Waals surface area contributed by atoms with E-state index in [1.165, 1.54) is 29.5 Å². The average Bonchev–Trinajstić information content (AvgIpc) is 3.02. The van der Waals surface area contributed by atoms with Crippen LogP contribution < -0.4 is 10.6 Å². The molecule has 6 heteroatoms. The van der Waals surface area contributed by atoms with Crippen LogP contribution in [0.25, 0.3) is 16.5 Å². The molecule has 0 unspecified atom stereocenters. The number of halogens is 1. The molecule has 2 aromatic rings. The summed E-state index contributed by atoms with van der Waals surface area (Å²) in [5.74, 6) is -0.624. The predicted molar refractivity (Wildman–Crippen MR) is 90.4 cm³/mol. The minimum atomic E-state index is -0.265. The third kappa shape index (κ3) is 5.34. The zero-order valence-electron chi connectivity index (χ0n) is 12.6. The number of nitrogens with one attached hydrogen (secondary N) is 2. The van der Waals surface area contributed by atoms with Crippen LogP contribution in [0.3, 0.4) is 0 Å². The smallest absolute Gasteiger partial charge is 0.244 e. The number of thiophene rings is 1. The molecule has 0 bridgehead atoms. The quantitative estimate of drug-likeness (QED) is 0.799. The average molecular weight is 332 g/mol. The van der Waals surface area contributed by atoms with Crippen molar-refractivity contribution in [2.75, 3.05) is 13.6 Å². The van der Waals surface area contributed by atoms with E-state index in [0.29, 0.717) is 6.54 Å². The molecule has 23 heavy (non-hydrogen) atoms. The molecule has 120 valence electrons. The number of hydrogen-bond acceptors (Lipinski definition) is 3. The van der Waals surface area contributed by atoms with Crippen LogP contribution in [0.5, 0.6) is 0 Å². The van der Waals surface area contributed by atoms with Gasteiger partial charge in [-0.1, -0.05) is 12.1 Å². The van der Waals surface area contributed by atoms with E-state index in [0.717, 1.165) is 15.3 Å². The molecule has 0 saturated heterocycles. The maximum atomic E-state index is 12.9. The molecule has 0 atom stereocenters. The van der Waals surface area contributed by atoms with E-state index in [1.807, 2.05) is 12.1 Å². The van der Waals surface area contributed by atoms with Gasteiger partial charge in [0.1, 0.15) is 5.82 Å². The van der Waals surface area contributed by atoms with Gasteiger partial charge >= 0.3 is 0 Å². The first kappa shape index (κ1) is 16.9. The highest BCUT2D eigenvalue weighted by molar-refractivity contribution is 7.16. The lowest BCUT2D eigenvalue weighted by Crippen LogP contribution is -2.27. The highest BCUT2D eigenvalue weighted by Crippen LogP contribution is 2.28. The second-order valence-electron chi connectivity index (χ2n) is 4.76. The molecule has 4 nitrogen and oxygen atoms in total. The first-order chi connectivity index (χ1) is 11.1. The molecule has 1 heterocycles. The molecule has 0 spiro atoms. The van der Waals surface area contributed by atoms with Gasteiger partial charge in [-0.2, -0.15) is 0 Å². The molecule has 0 radical (unpaired) electrons.